The number of rotatable bonds is 6. The fourth-order valence-corrected chi connectivity index (χ4v) is 2.62. The summed E-state index contributed by atoms with van der Waals surface area (Å²) in [4.78, 5) is 25.2. The first-order chi connectivity index (χ1) is 9.77. The summed E-state index contributed by atoms with van der Waals surface area (Å²) in [5, 5.41) is 9.13. The normalized spacial score (nSPS) is 12.0. The van der Waals surface area contributed by atoms with Crippen LogP contribution in [0.4, 0.5) is 5.69 Å². The van der Waals surface area contributed by atoms with Crippen molar-refractivity contribution in [2.24, 2.45) is 5.92 Å². The molecule has 1 N–H and O–H groups in total. The van der Waals surface area contributed by atoms with E-state index in [9.17, 15) is 9.59 Å². The number of benzene rings is 1. The first-order valence-electron chi connectivity index (χ1n) is 7.38. The Morgan fingerprint density at radius 1 is 1.19 bits per heavy atom. The maximum Gasteiger partial charge on any atom is 0.308 e. The van der Waals surface area contributed by atoms with E-state index in [0.29, 0.717) is 6.42 Å². The van der Waals surface area contributed by atoms with E-state index in [2.05, 4.69) is 0 Å². The summed E-state index contributed by atoms with van der Waals surface area (Å²) < 4.78 is 0. The predicted molar refractivity (Wildman–Crippen MR) is 84.7 cm³/mol. The Morgan fingerprint density at radius 2 is 1.71 bits per heavy atom. The molecule has 0 aliphatic heterocycles. The zero-order valence-corrected chi connectivity index (χ0v) is 13.6. The molecule has 1 aromatic rings. The molecule has 4 heteroatoms. The van der Waals surface area contributed by atoms with Gasteiger partial charge in [-0.2, -0.15) is 0 Å². The smallest absolute Gasteiger partial charge is 0.308 e. The van der Waals surface area contributed by atoms with Crippen LogP contribution in [0, 0.1) is 26.7 Å². The van der Waals surface area contributed by atoms with Crippen LogP contribution in [-0.4, -0.2) is 23.5 Å². The molecule has 0 bridgehead atoms. The quantitative estimate of drug-likeness (QED) is 0.873. The van der Waals surface area contributed by atoms with E-state index in [-0.39, 0.29) is 12.5 Å². The lowest BCUT2D eigenvalue weighted by atomic mass is 10.0. The van der Waals surface area contributed by atoms with E-state index < -0.39 is 11.9 Å². The molecule has 0 radical (unpaired) electrons. The van der Waals surface area contributed by atoms with Gasteiger partial charge in [-0.1, -0.05) is 31.5 Å². The molecule has 0 aliphatic rings. The van der Waals surface area contributed by atoms with Gasteiger partial charge in [0.2, 0.25) is 5.91 Å². The third kappa shape index (κ3) is 4.31. The number of anilines is 1. The number of amides is 1. The number of carboxylic acid groups (broad SMARTS) is 1. The van der Waals surface area contributed by atoms with Crippen molar-refractivity contribution in [2.75, 3.05) is 11.4 Å². The molecule has 116 valence electrons. The molecular weight excluding hydrogens is 266 g/mol. The number of aliphatic carboxylic acids is 1. The number of carboxylic acids is 1. The highest BCUT2D eigenvalue weighted by atomic mass is 16.4. The molecule has 4 nitrogen and oxygen atoms in total. The van der Waals surface area contributed by atoms with Crippen molar-refractivity contribution < 1.29 is 14.7 Å². The van der Waals surface area contributed by atoms with E-state index in [1.54, 1.807) is 11.8 Å². The van der Waals surface area contributed by atoms with Crippen molar-refractivity contribution in [3.8, 4) is 0 Å². The highest BCUT2D eigenvalue weighted by Gasteiger charge is 2.24. The number of carbonyl (C=O) groups is 2. The monoisotopic (exact) mass is 291 g/mol. The van der Waals surface area contributed by atoms with Crippen LogP contribution >= 0.6 is 0 Å². The lowest BCUT2D eigenvalue weighted by Crippen LogP contribution is -2.37. The van der Waals surface area contributed by atoms with Gasteiger partial charge in [0.05, 0.1) is 5.92 Å². The molecule has 0 aliphatic carbocycles. The largest absolute Gasteiger partial charge is 0.481 e. The van der Waals surface area contributed by atoms with E-state index >= 15 is 0 Å². The minimum absolute atomic E-state index is 0.0133. The molecule has 1 unspecified atom stereocenters. The third-order valence-electron chi connectivity index (χ3n) is 3.55. The van der Waals surface area contributed by atoms with Crippen molar-refractivity contribution in [3.05, 3.63) is 28.8 Å². The number of hydrogen-bond donors (Lipinski definition) is 1. The predicted octanol–water partition coefficient (Wildman–Crippen LogP) is 3.47. The summed E-state index contributed by atoms with van der Waals surface area (Å²) in [6.07, 6.45) is 1.18. The van der Waals surface area contributed by atoms with Crippen molar-refractivity contribution >= 4 is 17.6 Å². The van der Waals surface area contributed by atoms with Crippen molar-refractivity contribution in [1.82, 2.24) is 0 Å². The van der Waals surface area contributed by atoms with Gasteiger partial charge < -0.3 is 10.0 Å². The molecule has 1 rings (SSSR count). The lowest BCUT2D eigenvalue weighted by molar-refractivity contribution is -0.140. The fraction of sp³-hybridized carbons (Fsp3) is 0.529. The number of aryl methyl sites for hydroxylation is 3. The van der Waals surface area contributed by atoms with Crippen molar-refractivity contribution in [2.45, 2.75) is 47.5 Å². The Morgan fingerprint density at radius 3 is 2.14 bits per heavy atom. The lowest BCUT2D eigenvalue weighted by Gasteiger charge is -2.28. The fourth-order valence-electron chi connectivity index (χ4n) is 2.62. The molecular formula is C17H25NO3. The van der Waals surface area contributed by atoms with Crippen LogP contribution in [0.2, 0.25) is 0 Å². The summed E-state index contributed by atoms with van der Waals surface area (Å²) in [5.41, 5.74) is 4.01. The minimum atomic E-state index is -0.883. The van der Waals surface area contributed by atoms with E-state index in [4.69, 9.17) is 5.11 Å². The van der Waals surface area contributed by atoms with E-state index in [1.165, 1.54) is 0 Å². The van der Waals surface area contributed by atoms with Gasteiger partial charge in [0.15, 0.2) is 0 Å². The topological polar surface area (TPSA) is 57.6 Å². The number of hydrogen-bond acceptors (Lipinski definition) is 2. The standard InChI is InChI=1S/C17H25NO3/c1-6-7-15(19)18(10-14(5)17(20)21)16-12(3)8-11(2)9-13(16)4/h8-9,14H,6-7,10H2,1-5H3,(H,20,21). The van der Waals surface area contributed by atoms with Crippen LogP contribution in [0.3, 0.4) is 0 Å². The molecule has 0 spiro atoms. The van der Waals surface area contributed by atoms with Gasteiger partial charge in [0.25, 0.3) is 0 Å². The average molecular weight is 291 g/mol. The third-order valence-corrected chi connectivity index (χ3v) is 3.55. The Balaban J connectivity index is 3.24. The van der Waals surface area contributed by atoms with Gasteiger partial charge in [-0.25, -0.2) is 0 Å². The second-order valence-corrected chi connectivity index (χ2v) is 5.74. The van der Waals surface area contributed by atoms with Gasteiger partial charge in [-0.05, 0) is 38.3 Å². The van der Waals surface area contributed by atoms with Crippen molar-refractivity contribution in [1.29, 1.82) is 0 Å². The second-order valence-electron chi connectivity index (χ2n) is 5.74. The first-order valence-corrected chi connectivity index (χ1v) is 7.38. The van der Waals surface area contributed by atoms with Crippen LogP contribution in [0.25, 0.3) is 0 Å². The molecule has 21 heavy (non-hydrogen) atoms. The molecule has 0 aromatic heterocycles. The van der Waals surface area contributed by atoms with E-state index in [0.717, 1.165) is 28.8 Å². The molecule has 0 saturated carbocycles. The zero-order chi connectivity index (χ0) is 16.2. The maximum atomic E-state index is 12.4. The first kappa shape index (κ1) is 17.2. The van der Waals surface area contributed by atoms with Crippen LogP contribution in [0.15, 0.2) is 12.1 Å². The van der Waals surface area contributed by atoms with Gasteiger partial charge in [0, 0.05) is 18.7 Å². The summed E-state index contributed by atoms with van der Waals surface area (Å²) >= 11 is 0. The van der Waals surface area contributed by atoms with Gasteiger partial charge in [0.1, 0.15) is 0 Å². The highest BCUT2D eigenvalue weighted by Crippen LogP contribution is 2.28. The SMILES string of the molecule is CCCC(=O)N(CC(C)C(=O)O)c1c(C)cc(C)cc1C. The van der Waals surface area contributed by atoms with Crippen LogP contribution < -0.4 is 4.90 Å². The minimum Gasteiger partial charge on any atom is -0.481 e. The van der Waals surface area contributed by atoms with Crippen molar-refractivity contribution in [3.63, 3.8) is 0 Å². The Labute approximate surface area is 126 Å². The van der Waals surface area contributed by atoms with Gasteiger partial charge in [-0.3, -0.25) is 9.59 Å². The summed E-state index contributed by atoms with van der Waals surface area (Å²) in [5.74, 6) is -1.49. The van der Waals surface area contributed by atoms with E-state index in [1.807, 2.05) is 39.8 Å². The molecule has 1 amide bonds. The Hall–Kier alpha value is -1.84. The number of carbonyl (C=O) groups excluding carboxylic acids is 1. The Bertz CT molecular complexity index is 514. The summed E-state index contributed by atoms with van der Waals surface area (Å²) in [7, 11) is 0. The Kier molecular flexibility index (Phi) is 5.94. The summed E-state index contributed by atoms with van der Waals surface area (Å²) in [6, 6.07) is 4.06. The second kappa shape index (κ2) is 7.25. The van der Waals surface area contributed by atoms with Crippen LogP contribution in [0.5, 0.6) is 0 Å². The summed E-state index contributed by atoms with van der Waals surface area (Å²) in [6.45, 7) is 9.74. The zero-order valence-electron chi connectivity index (χ0n) is 13.6. The molecule has 0 fully saturated rings. The average Bonchev–Trinajstić information content (AvgIpc) is 2.36. The van der Waals surface area contributed by atoms with Gasteiger partial charge >= 0.3 is 5.97 Å². The number of nitrogens with zero attached hydrogens (tertiary/aromatic N) is 1. The van der Waals surface area contributed by atoms with Crippen LogP contribution in [0.1, 0.15) is 43.4 Å². The molecule has 1 aromatic carbocycles. The van der Waals surface area contributed by atoms with Gasteiger partial charge in [-0.15, -0.1) is 0 Å². The molecule has 0 saturated heterocycles. The van der Waals surface area contributed by atoms with Crippen LogP contribution in [-0.2, 0) is 9.59 Å². The maximum absolute atomic E-state index is 12.4. The molecule has 0 heterocycles. The highest BCUT2D eigenvalue weighted by molar-refractivity contribution is 5.95. The molecule has 1 atom stereocenters.